The number of nitrogens with zero attached hydrogens (tertiary/aromatic N) is 1. The summed E-state index contributed by atoms with van der Waals surface area (Å²) in [6, 6.07) is 3.19. The van der Waals surface area contributed by atoms with E-state index in [1.165, 1.54) is 0 Å². The lowest BCUT2D eigenvalue weighted by atomic mass is 10.2. The summed E-state index contributed by atoms with van der Waals surface area (Å²) in [6.45, 7) is 3.45. The quantitative estimate of drug-likeness (QED) is 0.736. The third-order valence-electron chi connectivity index (χ3n) is 1.90. The summed E-state index contributed by atoms with van der Waals surface area (Å²) in [7, 11) is 0. The van der Waals surface area contributed by atoms with Gasteiger partial charge in [0, 0.05) is 17.9 Å². The van der Waals surface area contributed by atoms with E-state index < -0.39 is 0 Å². The van der Waals surface area contributed by atoms with Gasteiger partial charge in [-0.1, -0.05) is 0 Å². The molecule has 1 aromatic rings. The molecular formula is C10H14N2O2. The van der Waals surface area contributed by atoms with Crippen LogP contribution in [-0.4, -0.2) is 28.6 Å². The molecule has 1 rings (SSSR count). The van der Waals surface area contributed by atoms with Crippen molar-refractivity contribution in [1.29, 1.82) is 0 Å². The number of carbonyl (C=O) groups excluding carboxylic acids is 1. The molecule has 0 aliphatic heterocycles. The van der Waals surface area contributed by atoms with Crippen LogP contribution in [0.3, 0.4) is 0 Å². The molecule has 0 bridgehead atoms. The van der Waals surface area contributed by atoms with Crippen molar-refractivity contribution in [3.8, 4) is 0 Å². The van der Waals surface area contributed by atoms with Gasteiger partial charge >= 0.3 is 0 Å². The van der Waals surface area contributed by atoms with E-state index in [0.717, 1.165) is 0 Å². The number of aromatic nitrogens is 1. The van der Waals surface area contributed by atoms with Crippen LogP contribution in [0, 0.1) is 6.92 Å². The van der Waals surface area contributed by atoms with Crippen LogP contribution in [0.1, 0.15) is 23.0 Å². The minimum Gasteiger partial charge on any atom is -0.394 e. The molecule has 2 N–H and O–H groups in total. The summed E-state index contributed by atoms with van der Waals surface area (Å²) in [5.41, 5.74) is 1.24. The Morgan fingerprint density at radius 3 is 3.00 bits per heavy atom. The molecule has 1 atom stereocenters. The summed E-state index contributed by atoms with van der Waals surface area (Å²) in [6.07, 6.45) is 1.64. The first-order chi connectivity index (χ1) is 6.65. The summed E-state index contributed by atoms with van der Waals surface area (Å²) in [5.74, 6) is -0.197. The van der Waals surface area contributed by atoms with Crippen molar-refractivity contribution in [1.82, 2.24) is 10.3 Å². The number of aliphatic hydroxyl groups excluding tert-OH is 1. The van der Waals surface area contributed by atoms with E-state index >= 15 is 0 Å². The average molecular weight is 194 g/mol. The number of rotatable bonds is 3. The van der Waals surface area contributed by atoms with Crippen LogP contribution in [0.5, 0.6) is 0 Å². The lowest BCUT2D eigenvalue weighted by Gasteiger charge is -2.11. The Hall–Kier alpha value is -1.42. The predicted octanol–water partition coefficient (Wildman–Crippen LogP) is 0.501. The molecule has 14 heavy (non-hydrogen) atoms. The molecule has 1 heterocycles. The Labute approximate surface area is 83.0 Å². The van der Waals surface area contributed by atoms with E-state index in [-0.39, 0.29) is 18.6 Å². The van der Waals surface area contributed by atoms with Gasteiger partial charge in [-0.15, -0.1) is 0 Å². The minimum absolute atomic E-state index is 0.0644. The van der Waals surface area contributed by atoms with Gasteiger partial charge in [0.2, 0.25) is 0 Å². The van der Waals surface area contributed by atoms with Crippen molar-refractivity contribution in [2.75, 3.05) is 6.61 Å². The molecule has 4 nitrogen and oxygen atoms in total. The normalized spacial score (nSPS) is 12.2. The van der Waals surface area contributed by atoms with E-state index in [4.69, 9.17) is 5.11 Å². The van der Waals surface area contributed by atoms with Crippen molar-refractivity contribution in [3.63, 3.8) is 0 Å². The zero-order valence-electron chi connectivity index (χ0n) is 8.32. The Bertz CT molecular complexity index is 326. The van der Waals surface area contributed by atoms with Crippen LogP contribution in [0.15, 0.2) is 18.3 Å². The van der Waals surface area contributed by atoms with E-state index in [1.54, 1.807) is 32.2 Å². The first-order valence-electron chi connectivity index (χ1n) is 4.48. The maximum absolute atomic E-state index is 11.6. The molecule has 0 unspecified atom stereocenters. The monoisotopic (exact) mass is 194 g/mol. The second-order valence-electron chi connectivity index (χ2n) is 3.19. The van der Waals surface area contributed by atoms with Gasteiger partial charge in [0.15, 0.2) is 0 Å². The molecular weight excluding hydrogens is 180 g/mol. The molecule has 0 spiro atoms. The topological polar surface area (TPSA) is 62.2 Å². The first kappa shape index (κ1) is 10.7. The second kappa shape index (κ2) is 4.72. The van der Waals surface area contributed by atoms with Gasteiger partial charge in [0.1, 0.15) is 0 Å². The number of hydrogen-bond donors (Lipinski definition) is 2. The number of aryl methyl sites for hydroxylation is 1. The fraction of sp³-hybridized carbons (Fsp3) is 0.400. The number of carbonyl (C=O) groups is 1. The maximum atomic E-state index is 11.6. The molecule has 1 amide bonds. The molecule has 0 aliphatic carbocycles. The van der Waals surface area contributed by atoms with E-state index in [0.29, 0.717) is 11.3 Å². The molecule has 0 saturated heterocycles. The number of aliphatic hydroxyl groups is 1. The molecule has 0 radical (unpaired) electrons. The summed E-state index contributed by atoms with van der Waals surface area (Å²) in [4.78, 5) is 15.6. The van der Waals surface area contributed by atoms with Crippen molar-refractivity contribution in [2.45, 2.75) is 19.9 Å². The number of amides is 1. The Morgan fingerprint density at radius 1 is 1.71 bits per heavy atom. The van der Waals surface area contributed by atoms with E-state index in [2.05, 4.69) is 10.3 Å². The fourth-order valence-electron chi connectivity index (χ4n) is 1.07. The van der Waals surface area contributed by atoms with Crippen LogP contribution >= 0.6 is 0 Å². The largest absolute Gasteiger partial charge is 0.394 e. The van der Waals surface area contributed by atoms with E-state index in [9.17, 15) is 4.79 Å². The minimum atomic E-state index is -0.234. The highest BCUT2D eigenvalue weighted by atomic mass is 16.3. The smallest absolute Gasteiger partial charge is 0.253 e. The molecule has 76 valence electrons. The van der Waals surface area contributed by atoms with Crippen LogP contribution in [0.25, 0.3) is 0 Å². The lowest BCUT2D eigenvalue weighted by molar-refractivity contribution is 0.0921. The van der Waals surface area contributed by atoms with Gasteiger partial charge in [0.05, 0.1) is 12.2 Å². The summed E-state index contributed by atoms with van der Waals surface area (Å²) >= 11 is 0. The SMILES string of the molecule is Cc1ncccc1C(=O)N[C@@H](C)CO. The number of hydrogen-bond acceptors (Lipinski definition) is 3. The zero-order valence-corrected chi connectivity index (χ0v) is 8.32. The van der Waals surface area contributed by atoms with E-state index in [1.807, 2.05) is 0 Å². The van der Waals surface area contributed by atoms with Gasteiger partial charge in [0.25, 0.3) is 5.91 Å². The summed E-state index contributed by atoms with van der Waals surface area (Å²) in [5, 5.41) is 11.4. The highest BCUT2D eigenvalue weighted by Crippen LogP contribution is 2.03. The average Bonchev–Trinajstić information content (AvgIpc) is 2.18. The highest BCUT2D eigenvalue weighted by Gasteiger charge is 2.10. The molecule has 4 heteroatoms. The van der Waals surface area contributed by atoms with Crippen molar-refractivity contribution in [2.24, 2.45) is 0 Å². The number of nitrogens with one attached hydrogen (secondary N) is 1. The molecule has 0 saturated carbocycles. The van der Waals surface area contributed by atoms with Crippen LogP contribution in [0.4, 0.5) is 0 Å². The van der Waals surface area contributed by atoms with Crippen molar-refractivity contribution in [3.05, 3.63) is 29.6 Å². The first-order valence-corrected chi connectivity index (χ1v) is 4.48. The van der Waals surface area contributed by atoms with Crippen LogP contribution in [-0.2, 0) is 0 Å². The van der Waals surface area contributed by atoms with Gasteiger partial charge in [-0.3, -0.25) is 9.78 Å². The lowest BCUT2D eigenvalue weighted by Crippen LogP contribution is -2.35. The molecule has 0 aromatic carbocycles. The third-order valence-corrected chi connectivity index (χ3v) is 1.90. The predicted molar refractivity (Wildman–Crippen MR) is 53.0 cm³/mol. The zero-order chi connectivity index (χ0) is 10.6. The Morgan fingerprint density at radius 2 is 2.43 bits per heavy atom. The van der Waals surface area contributed by atoms with Gasteiger partial charge < -0.3 is 10.4 Å². The maximum Gasteiger partial charge on any atom is 0.253 e. The highest BCUT2D eigenvalue weighted by molar-refractivity contribution is 5.95. The second-order valence-corrected chi connectivity index (χ2v) is 3.19. The van der Waals surface area contributed by atoms with Gasteiger partial charge in [-0.05, 0) is 26.0 Å². The number of pyridine rings is 1. The van der Waals surface area contributed by atoms with Gasteiger partial charge in [-0.25, -0.2) is 0 Å². The van der Waals surface area contributed by atoms with Crippen LogP contribution < -0.4 is 5.32 Å². The molecule has 0 fully saturated rings. The molecule has 1 aromatic heterocycles. The fourth-order valence-corrected chi connectivity index (χ4v) is 1.07. The standard InChI is InChI=1S/C10H14N2O2/c1-7(6-13)12-10(14)9-4-3-5-11-8(9)2/h3-5,7,13H,6H2,1-2H3,(H,12,14)/t7-/m0/s1. The molecule has 0 aliphatic rings. The van der Waals surface area contributed by atoms with Crippen molar-refractivity contribution >= 4 is 5.91 Å². The summed E-state index contributed by atoms with van der Waals surface area (Å²) < 4.78 is 0. The van der Waals surface area contributed by atoms with Gasteiger partial charge in [-0.2, -0.15) is 0 Å². The Balaban J connectivity index is 2.75. The Kier molecular flexibility index (Phi) is 3.59. The van der Waals surface area contributed by atoms with Crippen LogP contribution in [0.2, 0.25) is 0 Å². The van der Waals surface area contributed by atoms with Crippen molar-refractivity contribution < 1.29 is 9.90 Å². The third kappa shape index (κ3) is 2.53.